The second-order valence-corrected chi connectivity index (χ2v) is 3.28. The lowest BCUT2D eigenvalue weighted by Gasteiger charge is -2.05. The van der Waals surface area contributed by atoms with Gasteiger partial charge in [0.25, 0.3) is 0 Å². The van der Waals surface area contributed by atoms with Gasteiger partial charge in [-0.05, 0) is 25.1 Å². The Morgan fingerprint density at radius 2 is 2.00 bits per heavy atom. The number of hydrogen-bond donors (Lipinski definition) is 0. The van der Waals surface area contributed by atoms with Crippen molar-refractivity contribution in [1.29, 1.82) is 0 Å². The largest absolute Gasteiger partial charge is 0.414 e. The molecule has 0 fully saturated rings. The molecular weight excluding hydrogens is 227 g/mol. The highest BCUT2D eigenvalue weighted by Gasteiger charge is 2.11. The van der Waals surface area contributed by atoms with E-state index >= 15 is 0 Å². The first-order valence-electron chi connectivity index (χ1n) is 3.68. The molecule has 0 spiro atoms. The van der Waals surface area contributed by atoms with Gasteiger partial charge in [0.1, 0.15) is 5.75 Å². The third-order valence-corrected chi connectivity index (χ3v) is 1.82. The smallest absolute Gasteiger partial charge is 0.409 e. The van der Waals surface area contributed by atoms with E-state index in [4.69, 9.17) is 23.2 Å². The highest BCUT2D eigenvalue weighted by atomic mass is 35.5. The molecular formula is C9H6Cl2O3. The second-order valence-electron chi connectivity index (χ2n) is 2.54. The molecule has 0 amide bonds. The Labute approximate surface area is 90.6 Å². The lowest BCUT2D eigenvalue weighted by Crippen LogP contribution is -2.02. The van der Waals surface area contributed by atoms with E-state index < -0.39 is 5.43 Å². The van der Waals surface area contributed by atoms with Crippen LogP contribution < -0.4 is 4.74 Å². The second kappa shape index (κ2) is 4.44. The van der Waals surface area contributed by atoms with Crippen LogP contribution in [0.2, 0.25) is 5.02 Å². The fourth-order valence-electron chi connectivity index (χ4n) is 0.953. The summed E-state index contributed by atoms with van der Waals surface area (Å²) in [5, 5.41) is 0.393. The lowest BCUT2D eigenvalue weighted by molar-refractivity contribution is 0.101. The van der Waals surface area contributed by atoms with Crippen molar-refractivity contribution in [3.05, 3.63) is 28.8 Å². The van der Waals surface area contributed by atoms with Crippen molar-refractivity contribution in [1.82, 2.24) is 0 Å². The summed E-state index contributed by atoms with van der Waals surface area (Å²) in [6.07, 6.45) is 0. The average Bonchev–Trinajstić information content (AvgIpc) is 2.07. The van der Waals surface area contributed by atoms with Gasteiger partial charge in [0.15, 0.2) is 5.78 Å². The highest BCUT2D eigenvalue weighted by molar-refractivity contribution is 6.61. The molecule has 0 aliphatic rings. The van der Waals surface area contributed by atoms with Crippen LogP contribution in [0.25, 0.3) is 0 Å². The SMILES string of the molecule is CC(=O)c1cc(Cl)ccc1OC(=O)Cl. The van der Waals surface area contributed by atoms with Crippen LogP contribution in [0.4, 0.5) is 4.79 Å². The van der Waals surface area contributed by atoms with E-state index in [2.05, 4.69) is 4.74 Å². The van der Waals surface area contributed by atoms with Crippen LogP contribution in [0.15, 0.2) is 18.2 Å². The van der Waals surface area contributed by atoms with Crippen molar-refractivity contribution < 1.29 is 14.3 Å². The minimum absolute atomic E-state index is 0.113. The van der Waals surface area contributed by atoms with Crippen LogP contribution in [0, 0.1) is 0 Å². The molecule has 0 saturated heterocycles. The predicted octanol–water partition coefficient (Wildman–Crippen LogP) is 3.28. The summed E-state index contributed by atoms with van der Waals surface area (Å²) in [5.74, 6) is -0.137. The summed E-state index contributed by atoms with van der Waals surface area (Å²) in [7, 11) is 0. The number of Topliss-reactive ketones (excluding diaryl/α,β-unsaturated/α-hetero) is 1. The van der Waals surface area contributed by atoms with Gasteiger partial charge in [-0.1, -0.05) is 11.6 Å². The zero-order chi connectivity index (χ0) is 10.7. The molecule has 0 saturated carbocycles. The Hall–Kier alpha value is -1.06. The quantitative estimate of drug-likeness (QED) is 0.581. The van der Waals surface area contributed by atoms with Crippen LogP contribution in [-0.2, 0) is 0 Å². The highest BCUT2D eigenvalue weighted by Crippen LogP contribution is 2.23. The summed E-state index contributed by atoms with van der Waals surface area (Å²) in [6.45, 7) is 1.34. The van der Waals surface area contributed by atoms with Crippen molar-refractivity contribution in [3.8, 4) is 5.75 Å². The van der Waals surface area contributed by atoms with Crippen LogP contribution in [0.1, 0.15) is 17.3 Å². The molecule has 0 heterocycles. The van der Waals surface area contributed by atoms with Gasteiger partial charge in [-0.25, -0.2) is 4.79 Å². The standard InChI is InChI=1S/C9H6Cl2O3/c1-5(12)7-4-6(10)2-3-8(7)14-9(11)13/h2-4H,1H3. The number of benzene rings is 1. The zero-order valence-electron chi connectivity index (χ0n) is 7.21. The van der Waals surface area contributed by atoms with Crippen molar-refractivity contribution in [2.45, 2.75) is 6.92 Å². The average molecular weight is 233 g/mol. The third kappa shape index (κ3) is 2.72. The van der Waals surface area contributed by atoms with Crippen molar-refractivity contribution in [3.63, 3.8) is 0 Å². The summed E-state index contributed by atoms with van der Waals surface area (Å²) in [6, 6.07) is 4.33. The molecule has 1 rings (SSSR count). The molecule has 5 heteroatoms. The van der Waals surface area contributed by atoms with E-state index in [1.807, 2.05) is 0 Å². The van der Waals surface area contributed by atoms with Gasteiger partial charge in [-0.3, -0.25) is 4.79 Å². The summed E-state index contributed by atoms with van der Waals surface area (Å²) in [4.78, 5) is 21.6. The van der Waals surface area contributed by atoms with Gasteiger partial charge in [0, 0.05) is 16.6 Å². The normalized spacial score (nSPS) is 9.64. The Bertz CT molecular complexity index is 388. The van der Waals surface area contributed by atoms with Gasteiger partial charge >= 0.3 is 5.43 Å². The minimum Gasteiger partial charge on any atom is -0.414 e. The molecule has 0 radical (unpaired) electrons. The third-order valence-electron chi connectivity index (χ3n) is 1.51. The van der Waals surface area contributed by atoms with Crippen molar-refractivity contribution in [2.75, 3.05) is 0 Å². The minimum atomic E-state index is -0.991. The fourth-order valence-corrected chi connectivity index (χ4v) is 1.21. The van der Waals surface area contributed by atoms with Crippen molar-refractivity contribution in [2.24, 2.45) is 0 Å². The number of hydrogen-bond acceptors (Lipinski definition) is 3. The molecule has 0 atom stereocenters. The molecule has 0 bridgehead atoms. The molecule has 74 valence electrons. The molecule has 0 aliphatic carbocycles. The zero-order valence-corrected chi connectivity index (χ0v) is 8.72. The Morgan fingerprint density at radius 3 is 2.50 bits per heavy atom. The van der Waals surface area contributed by atoms with Crippen molar-refractivity contribution >= 4 is 34.4 Å². The van der Waals surface area contributed by atoms with Gasteiger partial charge in [0.2, 0.25) is 0 Å². The first-order valence-corrected chi connectivity index (χ1v) is 4.44. The Kier molecular flexibility index (Phi) is 3.49. The van der Waals surface area contributed by atoms with E-state index in [0.717, 1.165) is 0 Å². The van der Waals surface area contributed by atoms with E-state index in [1.165, 1.54) is 25.1 Å². The number of ketones is 1. The molecule has 0 aromatic heterocycles. The number of carbonyl (C=O) groups is 2. The van der Waals surface area contributed by atoms with Crippen LogP contribution in [-0.4, -0.2) is 11.2 Å². The Morgan fingerprint density at radius 1 is 1.36 bits per heavy atom. The molecule has 0 aliphatic heterocycles. The molecule has 1 aromatic rings. The first-order chi connectivity index (χ1) is 6.50. The maximum atomic E-state index is 11.1. The van der Waals surface area contributed by atoms with Crippen LogP contribution in [0.5, 0.6) is 5.75 Å². The summed E-state index contributed by atoms with van der Waals surface area (Å²) in [5.41, 5.74) is -0.763. The van der Waals surface area contributed by atoms with E-state index in [0.29, 0.717) is 5.02 Å². The lowest BCUT2D eigenvalue weighted by atomic mass is 10.1. The fraction of sp³-hybridized carbons (Fsp3) is 0.111. The van der Waals surface area contributed by atoms with Gasteiger partial charge in [-0.15, -0.1) is 0 Å². The molecule has 1 aromatic carbocycles. The summed E-state index contributed by atoms with van der Waals surface area (Å²) < 4.78 is 4.61. The maximum absolute atomic E-state index is 11.1. The van der Waals surface area contributed by atoms with E-state index in [-0.39, 0.29) is 17.1 Å². The molecule has 3 nitrogen and oxygen atoms in total. The number of rotatable bonds is 2. The number of ether oxygens (including phenoxy) is 1. The Balaban J connectivity index is 3.14. The molecule has 14 heavy (non-hydrogen) atoms. The summed E-state index contributed by atoms with van der Waals surface area (Å²) >= 11 is 10.7. The molecule has 0 unspecified atom stereocenters. The van der Waals surface area contributed by atoms with Gasteiger partial charge < -0.3 is 4.74 Å². The van der Waals surface area contributed by atoms with E-state index in [1.54, 1.807) is 0 Å². The topological polar surface area (TPSA) is 43.4 Å². The van der Waals surface area contributed by atoms with E-state index in [9.17, 15) is 9.59 Å². The van der Waals surface area contributed by atoms with Crippen LogP contribution >= 0.6 is 23.2 Å². The predicted molar refractivity (Wildman–Crippen MR) is 53.3 cm³/mol. The first kappa shape index (κ1) is 11.0. The maximum Gasteiger partial charge on any atom is 0.409 e. The van der Waals surface area contributed by atoms with Gasteiger partial charge in [0.05, 0.1) is 5.56 Å². The van der Waals surface area contributed by atoms with Gasteiger partial charge in [-0.2, -0.15) is 0 Å². The number of carbonyl (C=O) groups excluding carboxylic acids is 2. The van der Waals surface area contributed by atoms with Crippen LogP contribution in [0.3, 0.4) is 0 Å². The monoisotopic (exact) mass is 232 g/mol. The number of halogens is 2. The molecule has 0 N–H and O–H groups in total.